The number of aromatic nitrogens is 2. The molecule has 2 N–H and O–H groups in total. The monoisotopic (exact) mass is 242 g/mol. The number of hydrogen-bond donors (Lipinski definition) is 2. The topological polar surface area (TPSA) is 59.1 Å². The minimum absolute atomic E-state index is 0.577. The van der Waals surface area contributed by atoms with Gasteiger partial charge in [0, 0.05) is 18.3 Å². The molecule has 2 heterocycles. The van der Waals surface area contributed by atoms with Gasteiger partial charge in [0.05, 0.1) is 12.8 Å². The Bertz CT molecular complexity index is 571. The average Bonchev–Trinajstić information content (AvgIpc) is 2.87. The van der Waals surface area contributed by atoms with Crippen LogP contribution in [-0.2, 0) is 6.42 Å². The maximum Gasteiger partial charge on any atom is 0.229 e. The zero-order valence-electron chi connectivity index (χ0n) is 10.1. The van der Waals surface area contributed by atoms with E-state index < -0.39 is 0 Å². The van der Waals surface area contributed by atoms with Gasteiger partial charge in [-0.2, -0.15) is 4.98 Å². The Labute approximate surface area is 105 Å². The second-order valence-electron chi connectivity index (χ2n) is 4.07. The van der Waals surface area contributed by atoms with Crippen molar-refractivity contribution in [2.45, 2.75) is 6.42 Å². The molecular weight excluding hydrogens is 228 g/mol. The Morgan fingerprint density at radius 1 is 1.33 bits per heavy atom. The minimum atomic E-state index is 0.577. The lowest BCUT2D eigenvalue weighted by atomic mass is 10.3. The van der Waals surface area contributed by atoms with Crippen molar-refractivity contribution in [3.63, 3.8) is 0 Å². The van der Waals surface area contributed by atoms with E-state index in [1.807, 2.05) is 30.5 Å². The third-order valence-corrected chi connectivity index (χ3v) is 2.90. The van der Waals surface area contributed by atoms with Crippen molar-refractivity contribution in [2.24, 2.45) is 0 Å². The fourth-order valence-electron chi connectivity index (χ4n) is 1.99. The van der Waals surface area contributed by atoms with E-state index in [1.54, 1.807) is 7.11 Å². The van der Waals surface area contributed by atoms with Gasteiger partial charge in [-0.25, -0.2) is 4.98 Å². The van der Waals surface area contributed by atoms with Crippen molar-refractivity contribution in [1.29, 1.82) is 0 Å². The summed E-state index contributed by atoms with van der Waals surface area (Å²) < 4.78 is 5.28. The molecule has 1 aliphatic rings. The van der Waals surface area contributed by atoms with Gasteiger partial charge in [0.1, 0.15) is 11.6 Å². The molecule has 0 atom stereocenters. The molecule has 1 aromatic carbocycles. The first kappa shape index (κ1) is 10.8. The Morgan fingerprint density at radius 2 is 2.22 bits per heavy atom. The summed E-state index contributed by atoms with van der Waals surface area (Å²) in [5.41, 5.74) is 2.03. The number of methoxy groups -OCH3 is 1. The van der Waals surface area contributed by atoms with Crippen LogP contribution in [0.25, 0.3) is 0 Å². The Hall–Kier alpha value is -2.30. The van der Waals surface area contributed by atoms with Crippen LogP contribution < -0.4 is 15.4 Å². The molecule has 0 saturated carbocycles. The van der Waals surface area contributed by atoms with Gasteiger partial charge < -0.3 is 15.4 Å². The molecule has 0 radical (unpaired) electrons. The second-order valence-corrected chi connectivity index (χ2v) is 4.07. The molecule has 0 saturated heterocycles. The highest BCUT2D eigenvalue weighted by molar-refractivity contribution is 5.63. The summed E-state index contributed by atoms with van der Waals surface area (Å²) in [4.78, 5) is 8.74. The van der Waals surface area contributed by atoms with Gasteiger partial charge in [0.15, 0.2) is 0 Å². The molecule has 1 aliphatic heterocycles. The first-order valence-electron chi connectivity index (χ1n) is 5.86. The Kier molecular flexibility index (Phi) is 2.72. The van der Waals surface area contributed by atoms with Crippen molar-refractivity contribution >= 4 is 17.5 Å². The molecule has 0 fully saturated rings. The van der Waals surface area contributed by atoms with E-state index in [0.717, 1.165) is 30.2 Å². The number of nitrogens with one attached hydrogen (secondary N) is 2. The van der Waals surface area contributed by atoms with E-state index in [4.69, 9.17) is 4.74 Å². The number of nitrogens with zero attached hydrogens (tertiary/aromatic N) is 2. The zero-order chi connectivity index (χ0) is 12.4. The first-order valence-corrected chi connectivity index (χ1v) is 5.86. The summed E-state index contributed by atoms with van der Waals surface area (Å²) in [6, 6.07) is 7.70. The molecule has 0 aliphatic carbocycles. The van der Waals surface area contributed by atoms with E-state index in [9.17, 15) is 0 Å². The van der Waals surface area contributed by atoms with E-state index in [2.05, 4.69) is 20.6 Å². The summed E-state index contributed by atoms with van der Waals surface area (Å²) >= 11 is 0. The highest BCUT2D eigenvalue weighted by atomic mass is 16.5. The maximum absolute atomic E-state index is 5.28. The molecule has 0 amide bonds. The van der Waals surface area contributed by atoms with E-state index in [0.29, 0.717) is 5.95 Å². The molecule has 0 bridgehead atoms. The second kappa shape index (κ2) is 4.52. The van der Waals surface area contributed by atoms with Crippen molar-refractivity contribution in [3.8, 4) is 5.75 Å². The lowest BCUT2D eigenvalue weighted by Gasteiger charge is -2.10. The normalized spacial score (nSPS) is 12.7. The predicted molar refractivity (Wildman–Crippen MR) is 70.5 cm³/mol. The van der Waals surface area contributed by atoms with Gasteiger partial charge in [0.2, 0.25) is 5.95 Å². The quantitative estimate of drug-likeness (QED) is 0.864. The Morgan fingerprint density at radius 3 is 3.11 bits per heavy atom. The summed E-state index contributed by atoms with van der Waals surface area (Å²) in [5, 5.41) is 6.40. The number of benzene rings is 1. The molecule has 0 unspecified atom stereocenters. The van der Waals surface area contributed by atoms with E-state index in [1.165, 1.54) is 5.56 Å². The molecule has 3 rings (SSSR count). The van der Waals surface area contributed by atoms with Crippen LogP contribution in [-0.4, -0.2) is 23.6 Å². The third kappa shape index (κ3) is 1.95. The van der Waals surface area contributed by atoms with Crippen LogP contribution in [0.1, 0.15) is 5.56 Å². The van der Waals surface area contributed by atoms with Crippen LogP contribution in [0.3, 0.4) is 0 Å². The van der Waals surface area contributed by atoms with Crippen molar-refractivity contribution < 1.29 is 4.74 Å². The smallest absolute Gasteiger partial charge is 0.229 e. The number of hydrogen-bond acceptors (Lipinski definition) is 5. The van der Waals surface area contributed by atoms with Gasteiger partial charge >= 0.3 is 0 Å². The van der Waals surface area contributed by atoms with Crippen LogP contribution in [0.4, 0.5) is 17.5 Å². The van der Waals surface area contributed by atoms with Crippen molar-refractivity contribution in [3.05, 3.63) is 36.0 Å². The van der Waals surface area contributed by atoms with Crippen LogP contribution in [0.15, 0.2) is 30.5 Å². The van der Waals surface area contributed by atoms with Crippen LogP contribution in [0.2, 0.25) is 0 Å². The standard InChI is InChI=1S/C13H14N4O/c1-18-11-5-3-2-4-10(11)16-13-15-8-9-6-7-14-12(9)17-13/h2-5,8H,6-7H2,1H3,(H2,14,15,16,17). The first-order chi connectivity index (χ1) is 8.86. The SMILES string of the molecule is COc1ccccc1Nc1ncc2c(n1)NCC2. The summed E-state index contributed by atoms with van der Waals surface area (Å²) in [5.74, 6) is 2.27. The van der Waals surface area contributed by atoms with Crippen LogP contribution >= 0.6 is 0 Å². The van der Waals surface area contributed by atoms with Gasteiger partial charge in [-0.15, -0.1) is 0 Å². The van der Waals surface area contributed by atoms with Crippen LogP contribution in [0.5, 0.6) is 5.75 Å². The number of ether oxygens (including phenoxy) is 1. The lowest BCUT2D eigenvalue weighted by Crippen LogP contribution is -2.01. The van der Waals surface area contributed by atoms with Gasteiger partial charge in [-0.1, -0.05) is 12.1 Å². The number of fused-ring (bicyclic) bond motifs is 1. The fourth-order valence-corrected chi connectivity index (χ4v) is 1.99. The van der Waals surface area contributed by atoms with Gasteiger partial charge in [-0.05, 0) is 18.6 Å². The van der Waals surface area contributed by atoms with E-state index in [-0.39, 0.29) is 0 Å². The molecule has 5 heteroatoms. The highest BCUT2D eigenvalue weighted by Crippen LogP contribution is 2.27. The molecule has 1 aromatic heterocycles. The molecular formula is C13H14N4O. The summed E-state index contributed by atoms with van der Waals surface area (Å²) in [6.07, 6.45) is 2.85. The lowest BCUT2D eigenvalue weighted by molar-refractivity contribution is 0.417. The molecule has 18 heavy (non-hydrogen) atoms. The zero-order valence-corrected chi connectivity index (χ0v) is 10.1. The fraction of sp³-hybridized carbons (Fsp3) is 0.231. The Balaban J connectivity index is 1.88. The number of para-hydroxylation sites is 2. The molecule has 0 spiro atoms. The van der Waals surface area contributed by atoms with Crippen molar-refractivity contribution in [1.82, 2.24) is 9.97 Å². The maximum atomic E-state index is 5.28. The highest BCUT2D eigenvalue weighted by Gasteiger charge is 2.13. The predicted octanol–water partition coefficient (Wildman–Crippen LogP) is 2.20. The molecule has 5 nitrogen and oxygen atoms in total. The largest absolute Gasteiger partial charge is 0.495 e. The van der Waals surface area contributed by atoms with Crippen molar-refractivity contribution in [2.75, 3.05) is 24.3 Å². The average molecular weight is 242 g/mol. The van der Waals surface area contributed by atoms with Gasteiger partial charge in [-0.3, -0.25) is 0 Å². The third-order valence-electron chi connectivity index (χ3n) is 2.90. The van der Waals surface area contributed by atoms with Crippen LogP contribution in [0, 0.1) is 0 Å². The minimum Gasteiger partial charge on any atom is -0.495 e. The summed E-state index contributed by atoms with van der Waals surface area (Å²) in [7, 11) is 1.64. The number of anilines is 3. The summed E-state index contributed by atoms with van der Waals surface area (Å²) in [6.45, 7) is 0.933. The van der Waals surface area contributed by atoms with E-state index >= 15 is 0 Å². The molecule has 2 aromatic rings. The molecule has 92 valence electrons. The van der Waals surface area contributed by atoms with Gasteiger partial charge in [0.25, 0.3) is 0 Å². The number of rotatable bonds is 3.